The van der Waals surface area contributed by atoms with Crippen LogP contribution >= 0.6 is 0 Å². The standard InChI is InChI=1S/C18H37Si4/c1-16-12-14-17(15-13-16)19(2)18(20(3,4)5,21(6,7)8)22(9,10)11/h12-15H,1-11H3. The maximum absolute atomic E-state index is 2.66. The molecule has 0 unspecified atom stereocenters. The van der Waals surface area contributed by atoms with Crippen LogP contribution in [0.15, 0.2) is 24.3 Å². The molecule has 4 heteroatoms. The molecule has 0 saturated carbocycles. The van der Waals surface area contributed by atoms with Crippen LogP contribution in [0, 0.1) is 6.92 Å². The molecule has 1 radical (unpaired) electrons. The molecule has 0 fully saturated rings. The van der Waals surface area contributed by atoms with Gasteiger partial charge in [0.25, 0.3) is 0 Å². The van der Waals surface area contributed by atoms with Crippen LogP contribution < -0.4 is 5.19 Å². The molecule has 125 valence electrons. The van der Waals surface area contributed by atoms with Crippen molar-refractivity contribution in [1.82, 2.24) is 0 Å². The summed E-state index contributed by atoms with van der Waals surface area (Å²) in [6.45, 7) is 28.8. The Kier molecular flexibility index (Phi) is 5.66. The first-order chi connectivity index (χ1) is 9.66. The van der Waals surface area contributed by atoms with Crippen molar-refractivity contribution in [3.05, 3.63) is 29.8 Å². The van der Waals surface area contributed by atoms with Gasteiger partial charge in [0.15, 0.2) is 0 Å². The zero-order valence-electron chi connectivity index (χ0n) is 16.8. The molecule has 0 aliphatic heterocycles. The number of hydrogen-bond donors (Lipinski definition) is 0. The third kappa shape index (κ3) is 3.30. The lowest BCUT2D eigenvalue weighted by atomic mass is 10.2. The maximum Gasteiger partial charge on any atom is 0.0805 e. The number of benzene rings is 1. The lowest BCUT2D eigenvalue weighted by Crippen LogP contribution is -2.73. The minimum atomic E-state index is -1.30. The van der Waals surface area contributed by atoms with E-state index in [0.29, 0.717) is 3.91 Å². The number of rotatable bonds is 5. The largest absolute Gasteiger partial charge is 0.0805 e. The maximum atomic E-state index is 2.66. The minimum Gasteiger partial charge on any atom is -0.0698 e. The third-order valence-corrected chi connectivity index (χ3v) is 38.1. The topological polar surface area (TPSA) is 0 Å². The van der Waals surface area contributed by atoms with E-state index in [4.69, 9.17) is 0 Å². The fourth-order valence-corrected chi connectivity index (χ4v) is 49.0. The van der Waals surface area contributed by atoms with Gasteiger partial charge in [-0.25, -0.2) is 0 Å². The summed E-state index contributed by atoms with van der Waals surface area (Å²) in [5, 5.41) is 1.67. The summed E-state index contributed by atoms with van der Waals surface area (Å²) in [5.74, 6) is 0. The van der Waals surface area contributed by atoms with E-state index in [0.717, 1.165) is 0 Å². The van der Waals surface area contributed by atoms with Gasteiger partial charge in [-0.1, -0.05) is 100 Å². The van der Waals surface area contributed by atoms with Crippen LogP contribution in [0.25, 0.3) is 0 Å². The second kappa shape index (κ2) is 6.19. The van der Waals surface area contributed by atoms with Crippen molar-refractivity contribution < 1.29 is 0 Å². The van der Waals surface area contributed by atoms with E-state index in [1.54, 1.807) is 5.19 Å². The van der Waals surface area contributed by atoms with Gasteiger partial charge >= 0.3 is 0 Å². The van der Waals surface area contributed by atoms with E-state index in [-0.39, 0.29) is 0 Å². The summed E-state index contributed by atoms with van der Waals surface area (Å²) < 4.78 is 0.687. The Balaban J connectivity index is 3.66. The van der Waals surface area contributed by atoms with Crippen molar-refractivity contribution in [2.24, 2.45) is 0 Å². The van der Waals surface area contributed by atoms with E-state index >= 15 is 0 Å². The van der Waals surface area contributed by atoms with Crippen LogP contribution in [-0.4, -0.2) is 33.0 Å². The van der Waals surface area contributed by atoms with Crippen molar-refractivity contribution in [3.8, 4) is 0 Å². The normalized spacial score (nSPS) is 14.5. The van der Waals surface area contributed by atoms with Crippen LogP contribution in [0.5, 0.6) is 0 Å². The Hall–Kier alpha value is 0.0875. The quantitative estimate of drug-likeness (QED) is 0.587. The summed E-state index contributed by atoms with van der Waals surface area (Å²) >= 11 is 0. The number of aryl methyl sites for hydroxylation is 1. The Morgan fingerprint density at radius 3 is 1.27 bits per heavy atom. The van der Waals surface area contributed by atoms with Crippen LogP contribution in [0.3, 0.4) is 0 Å². The highest BCUT2D eigenvalue weighted by molar-refractivity contribution is 7.27. The first-order valence-electron chi connectivity index (χ1n) is 8.57. The van der Waals surface area contributed by atoms with Crippen LogP contribution in [-0.2, 0) is 0 Å². The molecule has 0 bridgehead atoms. The molecule has 1 aromatic carbocycles. The molecule has 0 spiro atoms. The second-order valence-corrected chi connectivity index (χ2v) is 31.3. The first kappa shape index (κ1) is 20.1. The van der Waals surface area contributed by atoms with E-state index in [9.17, 15) is 0 Å². The van der Waals surface area contributed by atoms with Crippen LogP contribution in [0.4, 0.5) is 0 Å². The molecule has 0 atom stereocenters. The highest BCUT2D eigenvalue weighted by Crippen LogP contribution is 2.55. The van der Waals surface area contributed by atoms with E-state index in [1.807, 2.05) is 0 Å². The molecular formula is C18H37Si4. The van der Waals surface area contributed by atoms with Gasteiger partial charge in [0, 0.05) is 24.2 Å². The average Bonchev–Trinajstić information content (AvgIpc) is 2.23. The van der Waals surface area contributed by atoms with Gasteiger partial charge in [-0.15, -0.1) is 0 Å². The van der Waals surface area contributed by atoms with E-state index in [1.165, 1.54) is 5.56 Å². The molecule has 0 nitrogen and oxygen atoms in total. The van der Waals surface area contributed by atoms with Gasteiger partial charge in [0.2, 0.25) is 0 Å². The predicted octanol–water partition coefficient (Wildman–Crippen LogP) is 5.70. The third-order valence-electron chi connectivity index (χ3n) is 5.42. The Bertz CT molecular complexity index is 462. The van der Waals surface area contributed by atoms with Gasteiger partial charge in [-0.3, -0.25) is 0 Å². The van der Waals surface area contributed by atoms with Gasteiger partial charge < -0.3 is 0 Å². The van der Waals surface area contributed by atoms with Gasteiger partial charge in [-0.05, 0) is 10.8 Å². The van der Waals surface area contributed by atoms with Crippen molar-refractivity contribution in [2.45, 2.75) is 76.3 Å². The summed E-state index contributed by atoms with van der Waals surface area (Å²) in [5.41, 5.74) is 1.39. The van der Waals surface area contributed by atoms with Crippen LogP contribution in [0.2, 0.25) is 69.4 Å². The lowest BCUT2D eigenvalue weighted by Gasteiger charge is -2.62. The SMILES string of the molecule is Cc1ccc([Si](C)C([Si](C)(C)C)([Si](C)(C)C)[Si](C)(C)C)cc1. The summed E-state index contributed by atoms with van der Waals surface area (Å²) in [7, 11) is -4.46. The summed E-state index contributed by atoms with van der Waals surface area (Å²) in [6, 6.07) is 9.54. The van der Waals surface area contributed by atoms with Gasteiger partial charge in [0.05, 0.1) is 8.80 Å². The Morgan fingerprint density at radius 2 is 1.00 bits per heavy atom. The molecule has 22 heavy (non-hydrogen) atoms. The van der Waals surface area contributed by atoms with Crippen molar-refractivity contribution in [3.63, 3.8) is 0 Å². The highest BCUT2D eigenvalue weighted by atomic mass is 28.5. The van der Waals surface area contributed by atoms with Crippen LogP contribution in [0.1, 0.15) is 5.56 Å². The fourth-order valence-electron chi connectivity index (χ4n) is 6.08. The molecule has 0 saturated heterocycles. The average molecular weight is 366 g/mol. The molecule has 0 aromatic heterocycles. The van der Waals surface area contributed by atoms with Gasteiger partial charge in [0.1, 0.15) is 0 Å². The molecule has 0 aliphatic carbocycles. The van der Waals surface area contributed by atoms with Gasteiger partial charge in [-0.2, -0.15) is 0 Å². The summed E-state index contributed by atoms with van der Waals surface area (Å²) in [4.78, 5) is 0. The van der Waals surface area contributed by atoms with E-state index < -0.39 is 33.0 Å². The zero-order valence-corrected chi connectivity index (χ0v) is 20.8. The zero-order chi connectivity index (χ0) is 17.6. The molecule has 0 amide bonds. The highest BCUT2D eigenvalue weighted by Gasteiger charge is 2.62. The second-order valence-electron chi connectivity index (χ2n) is 9.99. The Labute approximate surface area is 144 Å². The smallest absolute Gasteiger partial charge is 0.0698 e. The van der Waals surface area contributed by atoms with Crippen molar-refractivity contribution in [2.75, 3.05) is 0 Å². The molecule has 1 aromatic rings. The lowest BCUT2D eigenvalue weighted by molar-refractivity contribution is 1.21. The monoisotopic (exact) mass is 365 g/mol. The Morgan fingerprint density at radius 1 is 0.682 bits per heavy atom. The molecule has 0 heterocycles. The number of hydrogen-bond acceptors (Lipinski definition) is 0. The van der Waals surface area contributed by atoms with E-state index in [2.05, 4.69) is 96.7 Å². The summed E-state index contributed by atoms with van der Waals surface area (Å²) in [6.07, 6.45) is 0. The fraction of sp³-hybridized carbons (Fsp3) is 0.667. The van der Waals surface area contributed by atoms with Crippen molar-refractivity contribution in [1.29, 1.82) is 0 Å². The molecule has 0 aliphatic rings. The predicted molar refractivity (Wildman–Crippen MR) is 115 cm³/mol. The first-order valence-corrected chi connectivity index (χ1v) is 21.1. The minimum absolute atomic E-state index is 0.568. The van der Waals surface area contributed by atoms with Crippen molar-refractivity contribution >= 4 is 38.2 Å². The molecular weight excluding hydrogens is 329 g/mol. The molecule has 1 rings (SSSR count). The molecule has 0 N–H and O–H groups in total.